The number of nitrogens with zero attached hydrogens (tertiary/aromatic N) is 5. The van der Waals surface area contributed by atoms with Crippen LogP contribution in [0.25, 0.3) is 11.2 Å². The van der Waals surface area contributed by atoms with Crippen LogP contribution in [0, 0.1) is 6.92 Å². The Balaban J connectivity index is 1.70. The van der Waals surface area contributed by atoms with Crippen LogP contribution in [0.3, 0.4) is 0 Å². The maximum Gasteiger partial charge on any atom is 0.182 e. The van der Waals surface area contributed by atoms with Crippen molar-refractivity contribution in [2.75, 3.05) is 5.32 Å². The molecule has 0 unspecified atom stereocenters. The zero-order chi connectivity index (χ0) is 19.7. The van der Waals surface area contributed by atoms with Gasteiger partial charge in [-0.25, -0.2) is 15.0 Å². The van der Waals surface area contributed by atoms with Gasteiger partial charge in [-0.2, -0.15) is 0 Å². The highest BCUT2D eigenvalue weighted by molar-refractivity contribution is 6.35. The number of hydrogen-bond donors (Lipinski definition) is 2. The van der Waals surface area contributed by atoms with E-state index < -0.39 is 0 Å². The molecule has 0 bridgehead atoms. The van der Waals surface area contributed by atoms with Crippen LogP contribution >= 0.6 is 11.6 Å². The predicted octanol–water partition coefficient (Wildman–Crippen LogP) is 4.30. The highest BCUT2D eigenvalue weighted by Gasteiger charge is 2.15. The first kappa shape index (κ1) is 17.9. The zero-order valence-electron chi connectivity index (χ0n) is 15.3. The van der Waals surface area contributed by atoms with Crippen LogP contribution < -0.4 is 5.32 Å². The van der Waals surface area contributed by atoms with Crippen molar-refractivity contribution in [2.24, 2.45) is 12.2 Å². The largest absolute Gasteiger partial charge is 0.410 e. The van der Waals surface area contributed by atoms with E-state index in [1.54, 1.807) is 12.4 Å². The second kappa shape index (κ2) is 7.28. The standard InChI is InChI=1S/C20H17ClN6O/c1-12-5-3-4-6-14(12)17(26-28)15-8-7-13(9-16(15)21)25-20-18-19(22-10-23-20)24-11-27(18)2/h3-11,28H,1-2H3,(H,22,23,25). The van der Waals surface area contributed by atoms with E-state index in [-0.39, 0.29) is 0 Å². The van der Waals surface area contributed by atoms with E-state index in [9.17, 15) is 5.21 Å². The van der Waals surface area contributed by atoms with Gasteiger partial charge in [0.1, 0.15) is 17.6 Å². The average Bonchev–Trinajstić information content (AvgIpc) is 3.07. The number of fused-ring (bicyclic) bond motifs is 1. The van der Waals surface area contributed by atoms with Crippen LogP contribution in [0.1, 0.15) is 16.7 Å². The zero-order valence-corrected chi connectivity index (χ0v) is 16.0. The van der Waals surface area contributed by atoms with Crippen molar-refractivity contribution in [3.05, 3.63) is 76.8 Å². The van der Waals surface area contributed by atoms with Crippen LogP contribution in [-0.2, 0) is 7.05 Å². The minimum atomic E-state index is 0.422. The normalized spacial score (nSPS) is 11.8. The Bertz CT molecular complexity index is 1200. The van der Waals surface area contributed by atoms with Gasteiger partial charge in [0.05, 0.1) is 11.3 Å². The summed E-state index contributed by atoms with van der Waals surface area (Å²) >= 11 is 6.52. The van der Waals surface area contributed by atoms with Gasteiger partial charge in [0, 0.05) is 23.9 Å². The summed E-state index contributed by atoms with van der Waals surface area (Å²) in [5.74, 6) is 0.628. The van der Waals surface area contributed by atoms with E-state index in [0.29, 0.717) is 27.8 Å². The van der Waals surface area contributed by atoms with Crippen molar-refractivity contribution < 1.29 is 5.21 Å². The van der Waals surface area contributed by atoms with Crippen LogP contribution in [0.5, 0.6) is 0 Å². The molecular weight excluding hydrogens is 376 g/mol. The first-order valence-electron chi connectivity index (χ1n) is 8.55. The molecule has 0 spiro atoms. The number of halogens is 1. The van der Waals surface area contributed by atoms with Gasteiger partial charge in [-0.05, 0) is 30.7 Å². The van der Waals surface area contributed by atoms with E-state index in [1.165, 1.54) is 6.33 Å². The summed E-state index contributed by atoms with van der Waals surface area (Å²) in [6.45, 7) is 1.96. The van der Waals surface area contributed by atoms with Crippen LogP contribution in [0.2, 0.25) is 5.02 Å². The van der Waals surface area contributed by atoms with Crippen molar-refractivity contribution >= 4 is 40.0 Å². The smallest absolute Gasteiger partial charge is 0.182 e. The van der Waals surface area contributed by atoms with Crippen molar-refractivity contribution in [1.29, 1.82) is 0 Å². The number of nitrogens with one attached hydrogen (secondary N) is 1. The molecule has 8 heteroatoms. The molecule has 0 fully saturated rings. The molecule has 28 heavy (non-hydrogen) atoms. The van der Waals surface area contributed by atoms with Crippen molar-refractivity contribution in [1.82, 2.24) is 19.5 Å². The van der Waals surface area contributed by atoms with Gasteiger partial charge in [0.2, 0.25) is 0 Å². The van der Waals surface area contributed by atoms with Crippen molar-refractivity contribution in [2.45, 2.75) is 6.92 Å². The minimum absolute atomic E-state index is 0.422. The Kier molecular flexibility index (Phi) is 4.67. The van der Waals surface area contributed by atoms with Gasteiger partial charge >= 0.3 is 0 Å². The highest BCUT2D eigenvalue weighted by atomic mass is 35.5. The Hall–Kier alpha value is -3.45. The fourth-order valence-corrected chi connectivity index (χ4v) is 3.36. The first-order valence-corrected chi connectivity index (χ1v) is 8.93. The summed E-state index contributed by atoms with van der Waals surface area (Å²) in [6.07, 6.45) is 3.15. The molecule has 2 aromatic heterocycles. The van der Waals surface area contributed by atoms with Crippen molar-refractivity contribution in [3.63, 3.8) is 0 Å². The maximum atomic E-state index is 9.60. The number of rotatable bonds is 4. The average molecular weight is 393 g/mol. The van der Waals surface area contributed by atoms with Gasteiger partial charge in [-0.3, -0.25) is 0 Å². The molecular formula is C20H17ClN6O. The third-order valence-corrected chi connectivity index (χ3v) is 4.81. The molecule has 4 rings (SSSR count). The van der Waals surface area contributed by atoms with Crippen LogP contribution in [-0.4, -0.2) is 30.4 Å². The number of imidazole rings is 1. The van der Waals surface area contributed by atoms with Gasteiger partial charge in [0.25, 0.3) is 0 Å². The number of aryl methyl sites for hydroxylation is 2. The molecule has 0 saturated heterocycles. The summed E-state index contributed by atoms with van der Waals surface area (Å²) in [6, 6.07) is 13.1. The van der Waals surface area contributed by atoms with E-state index >= 15 is 0 Å². The molecule has 140 valence electrons. The topological polar surface area (TPSA) is 88.2 Å². The number of hydrogen-bond acceptors (Lipinski definition) is 6. The monoisotopic (exact) mass is 392 g/mol. The Labute approximate surface area is 166 Å². The Morgan fingerprint density at radius 1 is 1.11 bits per heavy atom. The highest BCUT2D eigenvalue weighted by Crippen LogP contribution is 2.28. The second-order valence-electron chi connectivity index (χ2n) is 6.33. The Morgan fingerprint density at radius 2 is 1.93 bits per heavy atom. The van der Waals surface area contributed by atoms with E-state index in [4.69, 9.17) is 11.6 Å². The molecule has 0 atom stereocenters. The van der Waals surface area contributed by atoms with Gasteiger partial charge in [0.15, 0.2) is 11.5 Å². The number of aromatic nitrogens is 4. The summed E-state index contributed by atoms with van der Waals surface area (Å²) < 4.78 is 1.85. The minimum Gasteiger partial charge on any atom is -0.410 e. The molecule has 2 heterocycles. The lowest BCUT2D eigenvalue weighted by atomic mass is 9.98. The van der Waals surface area contributed by atoms with E-state index in [1.807, 2.05) is 54.9 Å². The molecule has 0 aliphatic heterocycles. The SMILES string of the molecule is Cc1ccccc1C(=NO)c1ccc(Nc2ncnc3ncn(C)c23)cc1Cl. The molecule has 4 aromatic rings. The summed E-state index contributed by atoms with van der Waals surface area (Å²) in [4.78, 5) is 12.7. The number of anilines is 2. The second-order valence-corrected chi connectivity index (χ2v) is 6.74. The van der Waals surface area contributed by atoms with Gasteiger partial charge in [-0.15, -0.1) is 0 Å². The van der Waals surface area contributed by atoms with Crippen LogP contribution in [0.4, 0.5) is 11.5 Å². The summed E-state index contributed by atoms with van der Waals surface area (Å²) in [5, 5.41) is 16.8. The fraction of sp³-hybridized carbons (Fsp3) is 0.100. The first-order chi connectivity index (χ1) is 13.6. The molecule has 0 radical (unpaired) electrons. The molecule has 2 aromatic carbocycles. The van der Waals surface area contributed by atoms with E-state index in [0.717, 1.165) is 22.3 Å². The number of benzene rings is 2. The maximum absolute atomic E-state index is 9.60. The third-order valence-electron chi connectivity index (χ3n) is 4.50. The molecule has 7 nitrogen and oxygen atoms in total. The predicted molar refractivity (Wildman–Crippen MR) is 110 cm³/mol. The summed E-state index contributed by atoms with van der Waals surface area (Å²) in [7, 11) is 1.88. The molecule has 0 saturated carbocycles. The quantitative estimate of drug-likeness (QED) is 0.307. The third kappa shape index (κ3) is 3.16. The van der Waals surface area contributed by atoms with Crippen LogP contribution in [0.15, 0.2) is 60.3 Å². The lowest BCUT2D eigenvalue weighted by molar-refractivity contribution is 0.319. The van der Waals surface area contributed by atoms with Gasteiger partial charge < -0.3 is 15.1 Å². The fourth-order valence-electron chi connectivity index (χ4n) is 3.09. The molecule has 0 aliphatic carbocycles. The van der Waals surface area contributed by atoms with Gasteiger partial charge in [-0.1, -0.05) is 41.0 Å². The summed E-state index contributed by atoms with van der Waals surface area (Å²) in [5.41, 5.74) is 5.02. The molecule has 0 aliphatic rings. The van der Waals surface area contributed by atoms with E-state index in [2.05, 4.69) is 25.4 Å². The number of oxime groups is 1. The van der Waals surface area contributed by atoms with Crippen molar-refractivity contribution in [3.8, 4) is 0 Å². The lowest BCUT2D eigenvalue weighted by Gasteiger charge is -2.12. The molecule has 0 amide bonds. The Morgan fingerprint density at radius 3 is 2.68 bits per heavy atom. The molecule has 2 N–H and O–H groups in total. The lowest BCUT2D eigenvalue weighted by Crippen LogP contribution is -2.07.